The Kier molecular flexibility index (Phi) is 2.06. The molecule has 2 heterocycles. The number of hydrogen-bond acceptors (Lipinski definition) is 3. The first-order valence-electron chi connectivity index (χ1n) is 3.38. The highest BCUT2D eigenvalue weighted by Gasteiger charge is 1.99. The Morgan fingerprint density at radius 2 is 2.17 bits per heavy atom. The number of aromatic nitrogens is 2. The van der Waals surface area contributed by atoms with Crippen LogP contribution in [0, 0.1) is 0 Å². The van der Waals surface area contributed by atoms with Crippen molar-refractivity contribution in [2.24, 2.45) is 0 Å². The lowest BCUT2D eigenvalue weighted by atomic mass is 10.3. The van der Waals surface area contributed by atoms with E-state index in [2.05, 4.69) is 9.97 Å². The molecule has 0 spiro atoms. The predicted molar refractivity (Wildman–Crippen MR) is 50.4 cm³/mol. The molecule has 0 bridgehead atoms. The summed E-state index contributed by atoms with van der Waals surface area (Å²) in [5, 5.41) is 3.42. The van der Waals surface area contributed by atoms with Gasteiger partial charge in [-0.25, -0.2) is 9.97 Å². The topological polar surface area (TPSA) is 25.8 Å². The molecule has 0 unspecified atom stereocenters. The summed E-state index contributed by atoms with van der Waals surface area (Å²) < 4.78 is 0. The van der Waals surface area contributed by atoms with Crippen molar-refractivity contribution >= 4 is 22.9 Å². The van der Waals surface area contributed by atoms with Gasteiger partial charge in [-0.05, 0) is 12.1 Å². The summed E-state index contributed by atoms with van der Waals surface area (Å²) in [4.78, 5) is 8.12. The lowest BCUT2D eigenvalue weighted by Gasteiger charge is -1.93. The van der Waals surface area contributed by atoms with Gasteiger partial charge >= 0.3 is 0 Å². The average Bonchev–Trinajstić information content (AvgIpc) is 2.58. The second kappa shape index (κ2) is 3.21. The molecule has 2 aromatic heterocycles. The van der Waals surface area contributed by atoms with E-state index in [0.29, 0.717) is 5.15 Å². The number of thiazole rings is 1. The van der Waals surface area contributed by atoms with E-state index in [-0.39, 0.29) is 0 Å². The standard InChI is InChI=1S/C8H5ClN2S/c9-7-2-1-6(5-11-7)8-10-3-4-12-8/h1-5H. The van der Waals surface area contributed by atoms with Crippen LogP contribution in [-0.4, -0.2) is 9.97 Å². The van der Waals surface area contributed by atoms with Crippen molar-refractivity contribution in [2.45, 2.75) is 0 Å². The lowest BCUT2D eigenvalue weighted by Crippen LogP contribution is -1.77. The van der Waals surface area contributed by atoms with E-state index < -0.39 is 0 Å². The molecule has 60 valence electrons. The number of pyridine rings is 1. The van der Waals surface area contributed by atoms with Crippen LogP contribution >= 0.6 is 22.9 Å². The molecule has 0 fully saturated rings. The Labute approximate surface area is 78.9 Å². The fraction of sp³-hybridized carbons (Fsp3) is 0. The van der Waals surface area contributed by atoms with E-state index in [9.17, 15) is 0 Å². The van der Waals surface area contributed by atoms with Crippen LogP contribution in [0.15, 0.2) is 29.9 Å². The van der Waals surface area contributed by atoms with Crippen molar-refractivity contribution in [3.05, 3.63) is 35.1 Å². The summed E-state index contributed by atoms with van der Waals surface area (Å²) in [6.07, 6.45) is 3.50. The Morgan fingerprint density at radius 3 is 2.75 bits per heavy atom. The third kappa shape index (κ3) is 1.47. The Bertz CT molecular complexity index is 355. The molecule has 0 aliphatic carbocycles. The van der Waals surface area contributed by atoms with Gasteiger partial charge in [-0.1, -0.05) is 11.6 Å². The van der Waals surface area contributed by atoms with Crippen LogP contribution in [0.3, 0.4) is 0 Å². The van der Waals surface area contributed by atoms with Crippen molar-refractivity contribution in [2.75, 3.05) is 0 Å². The molecule has 0 aliphatic heterocycles. The van der Waals surface area contributed by atoms with Gasteiger partial charge in [0.25, 0.3) is 0 Å². The Balaban J connectivity index is 2.43. The van der Waals surface area contributed by atoms with E-state index in [0.717, 1.165) is 10.6 Å². The molecule has 0 N–H and O–H groups in total. The van der Waals surface area contributed by atoms with Gasteiger partial charge in [-0.15, -0.1) is 11.3 Å². The fourth-order valence-corrected chi connectivity index (χ4v) is 1.61. The van der Waals surface area contributed by atoms with Crippen molar-refractivity contribution in [1.82, 2.24) is 9.97 Å². The zero-order valence-electron chi connectivity index (χ0n) is 6.07. The highest BCUT2D eigenvalue weighted by molar-refractivity contribution is 7.13. The normalized spacial score (nSPS) is 10.1. The molecule has 2 aromatic rings. The highest BCUT2D eigenvalue weighted by Crippen LogP contribution is 2.21. The van der Waals surface area contributed by atoms with E-state index in [1.807, 2.05) is 11.4 Å². The molecule has 0 amide bonds. The largest absolute Gasteiger partial charge is 0.244 e. The molecule has 0 aromatic carbocycles. The minimum atomic E-state index is 0.510. The van der Waals surface area contributed by atoms with Crippen LogP contribution in [0.25, 0.3) is 10.6 Å². The summed E-state index contributed by atoms with van der Waals surface area (Å²) in [6, 6.07) is 3.67. The summed E-state index contributed by atoms with van der Waals surface area (Å²) in [7, 11) is 0. The van der Waals surface area contributed by atoms with E-state index in [1.54, 1.807) is 29.8 Å². The van der Waals surface area contributed by atoms with Crippen LogP contribution < -0.4 is 0 Å². The van der Waals surface area contributed by atoms with Crippen LogP contribution in [0.5, 0.6) is 0 Å². The minimum absolute atomic E-state index is 0.510. The first kappa shape index (κ1) is 7.71. The van der Waals surface area contributed by atoms with Gasteiger partial charge in [0.2, 0.25) is 0 Å². The quantitative estimate of drug-likeness (QED) is 0.656. The summed E-state index contributed by atoms with van der Waals surface area (Å²) in [5.74, 6) is 0. The second-order valence-corrected chi connectivity index (χ2v) is 3.49. The van der Waals surface area contributed by atoms with Crippen LogP contribution in [-0.2, 0) is 0 Å². The van der Waals surface area contributed by atoms with Gasteiger partial charge in [0.05, 0.1) is 0 Å². The highest BCUT2D eigenvalue weighted by atomic mass is 35.5. The van der Waals surface area contributed by atoms with Crippen molar-refractivity contribution in [1.29, 1.82) is 0 Å². The molecule has 0 saturated carbocycles. The maximum Gasteiger partial charge on any atom is 0.129 e. The Morgan fingerprint density at radius 1 is 1.25 bits per heavy atom. The molecule has 2 nitrogen and oxygen atoms in total. The molecule has 12 heavy (non-hydrogen) atoms. The number of nitrogens with zero attached hydrogens (tertiary/aromatic N) is 2. The van der Waals surface area contributed by atoms with Gasteiger partial charge < -0.3 is 0 Å². The monoisotopic (exact) mass is 196 g/mol. The third-order valence-corrected chi connectivity index (χ3v) is 2.45. The van der Waals surface area contributed by atoms with Gasteiger partial charge in [-0.3, -0.25) is 0 Å². The minimum Gasteiger partial charge on any atom is -0.244 e. The molecule has 0 aliphatic rings. The molecule has 0 saturated heterocycles. The smallest absolute Gasteiger partial charge is 0.129 e. The number of rotatable bonds is 1. The molecule has 4 heteroatoms. The van der Waals surface area contributed by atoms with Crippen LogP contribution in [0.4, 0.5) is 0 Å². The number of hydrogen-bond donors (Lipinski definition) is 0. The SMILES string of the molecule is Clc1ccc(-c2nccs2)cn1. The summed E-state index contributed by atoms with van der Waals surface area (Å²) in [5.41, 5.74) is 1.01. The van der Waals surface area contributed by atoms with Gasteiger partial charge in [0, 0.05) is 23.3 Å². The van der Waals surface area contributed by atoms with Crippen molar-refractivity contribution < 1.29 is 0 Å². The van der Waals surface area contributed by atoms with Gasteiger partial charge in [0.1, 0.15) is 10.2 Å². The average molecular weight is 197 g/mol. The zero-order chi connectivity index (χ0) is 8.39. The first-order chi connectivity index (χ1) is 5.86. The van der Waals surface area contributed by atoms with Gasteiger partial charge in [0.15, 0.2) is 0 Å². The van der Waals surface area contributed by atoms with Crippen LogP contribution in [0.1, 0.15) is 0 Å². The van der Waals surface area contributed by atoms with E-state index in [4.69, 9.17) is 11.6 Å². The summed E-state index contributed by atoms with van der Waals surface area (Å²) >= 11 is 7.23. The van der Waals surface area contributed by atoms with E-state index in [1.165, 1.54) is 0 Å². The first-order valence-corrected chi connectivity index (χ1v) is 4.63. The fourth-order valence-electron chi connectivity index (χ4n) is 0.868. The number of halogens is 1. The van der Waals surface area contributed by atoms with Crippen LogP contribution in [0.2, 0.25) is 5.15 Å². The third-order valence-electron chi connectivity index (χ3n) is 1.41. The molecule has 2 rings (SSSR count). The predicted octanol–water partition coefficient (Wildman–Crippen LogP) is 2.86. The van der Waals surface area contributed by atoms with Crippen molar-refractivity contribution in [3.8, 4) is 10.6 Å². The molecule has 0 radical (unpaired) electrons. The maximum atomic E-state index is 5.64. The maximum absolute atomic E-state index is 5.64. The lowest BCUT2D eigenvalue weighted by molar-refractivity contribution is 1.31. The molecular formula is C8H5ClN2S. The van der Waals surface area contributed by atoms with Crippen molar-refractivity contribution in [3.63, 3.8) is 0 Å². The Hall–Kier alpha value is -0.930. The summed E-state index contributed by atoms with van der Waals surface area (Å²) in [6.45, 7) is 0. The van der Waals surface area contributed by atoms with Gasteiger partial charge in [-0.2, -0.15) is 0 Å². The molecule has 0 atom stereocenters. The second-order valence-electron chi connectivity index (χ2n) is 2.21. The zero-order valence-corrected chi connectivity index (χ0v) is 7.64. The van der Waals surface area contributed by atoms with E-state index >= 15 is 0 Å². The molecular weight excluding hydrogens is 192 g/mol.